The van der Waals surface area contributed by atoms with Crippen LogP contribution >= 0.6 is 11.3 Å². The van der Waals surface area contributed by atoms with E-state index in [1.807, 2.05) is 0 Å². The van der Waals surface area contributed by atoms with Gasteiger partial charge in [0, 0.05) is 23.0 Å². The van der Waals surface area contributed by atoms with Crippen LogP contribution in [-0.2, 0) is 22.3 Å². The minimum atomic E-state index is -0.663. The molecule has 1 aromatic carbocycles. The third-order valence-electron chi connectivity index (χ3n) is 5.58. The van der Waals surface area contributed by atoms with Crippen LogP contribution in [0, 0.1) is 0 Å². The zero-order chi connectivity index (χ0) is 24.9. The second-order valence-corrected chi connectivity index (χ2v) is 8.95. The van der Waals surface area contributed by atoms with Crippen LogP contribution in [0.1, 0.15) is 64.7 Å². The van der Waals surface area contributed by atoms with Crippen LogP contribution in [0.2, 0.25) is 0 Å². The molecule has 0 radical (unpaired) electrons. The van der Waals surface area contributed by atoms with Gasteiger partial charge >= 0.3 is 11.9 Å². The molecule has 2 N–H and O–H groups in total. The molecule has 180 valence electrons. The maximum absolute atomic E-state index is 13.5. The monoisotopic (exact) mass is 493 g/mol. The van der Waals surface area contributed by atoms with E-state index in [0.717, 1.165) is 29.7 Å². The molecule has 1 aliphatic rings. The molecule has 0 fully saturated rings. The normalized spacial score (nSPS) is 12.3. The highest BCUT2D eigenvalue weighted by Gasteiger charge is 2.27. The Labute approximate surface area is 205 Å². The molecule has 2 heterocycles. The van der Waals surface area contributed by atoms with E-state index >= 15 is 0 Å². The second kappa shape index (κ2) is 10.5. The van der Waals surface area contributed by atoms with Crippen molar-refractivity contribution in [2.75, 3.05) is 24.9 Å². The molecule has 0 bridgehead atoms. The summed E-state index contributed by atoms with van der Waals surface area (Å²) < 4.78 is 9.52. The minimum absolute atomic E-state index is 0.0863. The highest BCUT2D eigenvalue weighted by Crippen LogP contribution is 2.39. The number of thiophene rings is 1. The van der Waals surface area contributed by atoms with Crippen molar-refractivity contribution in [2.24, 2.45) is 0 Å². The smallest absolute Gasteiger partial charge is 0.337 e. The fraction of sp³-hybridized carbons (Fsp3) is 0.240. The number of carbonyl (C=O) groups excluding carboxylic acids is 4. The van der Waals surface area contributed by atoms with Gasteiger partial charge in [-0.2, -0.15) is 0 Å². The number of amides is 2. The lowest BCUT2D eigenvalue weighted by molar-refractivity contribution is 0.0598. The molecule has 35 heavy (non-hydrogen) atoms. The highest BCUT2D eigenvalue weighted by atomic mass is 32.1. The molecular formula is C25H23N3O6S. The Kier molecular flexibility index (Phi) is 7.21. The fourth-order valence-corrected chi connectivity index (χ4v) is 5.21. The topological polar surface area (TPSA) is 124 Å². The van der Waals surface area contributed by atoms with E-state index in [9.17, 15) is 19.2 Å². The van der Waals surface area contributed by atoms with E-state index in [1.54, 1.807) is 18.3 Å². The summed E-state index contributed by atoms with van der Waals surface area (Å²) >= 11 is 1.39. The Balaban J connectivity index is 1.69. The summed E-state index contributed by atoms with van der Waals surface area (Å²) in [5.41, 5.74) is 2.05. The first-order chi connectivity index (χ1) is 16.9. The van der Waals surface area contributed by atoms with Crippen LogP contribution in [0.3, 0.4) is 0 Å². The number of anilines is 2. The number of hydrogen-bond donors (Lipinski definition) is 2. The summed E-state index contributed by atoms with van der Waals surface area (Å²) in [7, 11) is 2.44. The zero-order valence-corrected chi connectivity index (χ0v) is 20.0. The average molecular weight is 494 g/mol. The van der Waals surface area contributed by atoms with Crippen LogP contribution in [-0.4, -0.2) is 43.0 Å². The van der Waals surface area contributed by atoms with Gasteiger partial charge in [-0.05, 0) is 61.6 Å². The summed E-state index contributed by atoms with van der Waals surface area (Å²) in [6, 6.07) is 7.47. The first-order valence-corrected chi connectivity index (χ1v) is 11.7. The number of ether oxygens (including phenoxy) is 2. The van der Waals surface area contributed by atoms with Gasteiger partial charge in [-0.25, -0.2) is 9.59 Å². The predicted molar refractivity (Wildman–Crippen MR) is 130 cm³/mol. The molecule has 2 aromatic heterocycles. The summed E-state index contributed by atoms with van der Waals surface area (Å²) in [5.74, 6) is -2.15. The van der Waals surface area contributed by atoms with E-state index in [-0.39, 0.29) is 22.7 Å². The number of aromatic nitrogens is 1. The summed E-state index contributed by atoms with van der Waals surface area (Å²) in [4.78, 5) is 55.5. The molecule has 3 aromatic rings. The molecule has 10 heteroatoms. The maximum Gasteiger partial charge on any atom is 0.337 e. The van der Waals surface area contributed by atoms with Crippen LogP contribution in [0.5, 0.6) is 0 Å². The van der Waals surface area contributed by atoms with Gasteiger partial charge in [0.2, 0.25) is 0 Å². The van der Waals surface area contributed by atoms with Crippen molar-refractivity contribution < 1.29 is 28.7 Å². The number of methoxy groups -OCH3 is 2. The number of pyridine rings is 1. The lowest BCUT2D eigenvalue weighted by atomic mass is 9.95. The molecule has 1 aliphatic carbocycles. The summed E-state index contributed by atoms with van der Waals surface area (Å²) in [6.45, 7) is 0. The van der Waals surface area contributed by atoms with Crippen LogP contribution < -0.4 is 10.6 Å². The van der Waals surface area contributed by atoms with Gasteiger partial charge < -0.3 is 20.1 Å². The van der Waals surface area contributed by atoms with E-state index in [0.29, 0.717) is 22.5 Å². The van der Waals surface area contributed by atoms with Gasteiger partial charge in [0.1, 0.15) is 5.00 Å². The fourth-order valence-electron chi connectivity index (χ4n) is 3.93. The van der Waals surface area contributed by atoms with Crippen LogP contribution in [0.4, 0.5) is 10.7 Å². The molecule has 0 unspecified atom stereocenters. The molecule has 9 nitrogen and oxygen atoms in total. The lowest BCUT2D eigenvalue weighted by Crippen LogP contribution is -2.19. The van der Waals surface area contributed by atoms with Gasteiger partial charge in [-0.3, -0.25) is 14.6 Å². The van der Waals surface area contributed by atoms with Crippen molar-refractivity contribution >= 4 is 45.8 Å². The van der Waals surface area contributed by atoms with Gasteiger partial charge in [-0.1, -0.05) is 0 Å². The summed E-state index contributed by atoms with van der Waals surface area (Å²) in [6.07, 6.45) is 6.51. The Morgan fingerprint density at radius 2 is 1.57 bits per heavy atom. The van der Waals surface area contributed by atoms with E-state index in [4.69, 9.17) is 9.47 Å². The van der Waals surface area contributed by atoms with Crippen molar-refractivity contribution in [1.82, 2.24) is 4.98 Å². The number of benzene rings is 1. The summed E-state index contributed by atoms with van der Waals surface area (Å²) in [5, 5.41) is 6.08. The Hall–Kier alpha value is -4.05. The lowest BCUT2D eigenvalue weighted by Gasteiger charge is -2.14. The van der Waals surface area contributed by atoms with E-state index in [2.05, 4.69) is 15.6 Å². The van der Waals surface area contributed by atoms with Crippen LogP contribution in [0.15, 0.2) is 42.7 Å². The number of rotatable bonds is 6. The van der Waals surface area contributed by atoms with Gasteiger partial charge in [0.05, 0.1) is 36.5 Å². The molecule has 0 saturated heterocycles. The minimum Gasteiger partial charge on any atom is -0.465 e. The largest absolute Gasteiger partial charge is 0.465 e. The Bertz CT molecular complexity index is 1270. The number of fused-ring (bicyclic) bond motifs is 1. The molecule has 0 saturated carbocycles. The maximum atomic E-state index is 13.5. The first-order valence-electron chi connectivity index (χ1n) is 10.9. The Morgan fingerprint density at radius 3 is 2.20 bits per heavy atom. The van der Waals surface area contributed by atoms with Crippen molar-refractivity contribution in [2.45, 2.75) is 25.7 Å². The number of esters is 2. The highest BCUT2D eigenvalue weighted by molar-refractivity contribution is 7.17. The van der Waals surface area contributed by atoms with Crippen molar-refractivity contribution in [3.8, 4) is 0 Å². The predicted octanol–water partition coefficient (Wildman–Crippen LogP) is 4.10. The number of nitrogens with zero attached hydrogens (tertiary/aromatic N) is 1. The van der Waals surface area contributed by atoms with E-state index in [1.165, 1.54) is 50.0 Å². The number of aryl methyl sites for hydroxylation is 1. The average Bonchev–Trinajstić information content (AvgIpc) is 3.25. The van der Waals surface area contributed by atoms with Crippen molar-refractivity contribution in [3.63, 3.8) is 0 Å². The zero-order valence-electron chi connectivity index (χ0n) is 19.2. The van der Waals surface area contributed by atoms with Gasteiger partial charge in [-0.15, -0.1) is 11.3 Å². The SMILES string of the molecule is COC(=O)c1cc(NC(=O)c2c(NC(=O)c3cccnc3)sc3c2CCCC3)cc(C(=O)OC)c1. The standard InChI is InChI=1S/C25H23N3O6S/c1-33-24(31)15-10-16(25(32)34-2)12-17(11-15)27-22(30)20-18-7-3-4-8-19(18)35-23(20)28-21(29)14-6-5-9-26-13-14/h5-6,9-13H,3-4,7-8H2,1-2H3,(H,27,30)(H,28,29). The number of nitrogens with one attached hydrogen (secondary N) is 2. The van der Waals surface area contributed by atoms with Crippen molar-refractivity contribution in [3.05, 3.63) is 75.4 Å². The van der Waals surface area contributed by atoms with Gasteiger partial charge in [0.25, 0.3) is 11.8 Å². The van der Waals surface area contributed by atoms with Crippen molar-refractivity contribution in [1.29, 1.82) is 0 Å². The third-order valence-corrected chi connectivity index (χ3v) is 6.79. The van der Waals surface area contributed by atoms with Crippen LogP contribution in [0.25, 0.3) is 0 Å². The Morgan fingerprint density at radius 1 is 0.886 bits per heavy atom. The molecule has 4 rings (SSSR count). The molecule has 2 amide bonds. The van der Waals surface area contributed by atoms with E-state index < -0.39 is 17.8 Å². The molecule has 0 atom stereocenters. The quantitative estimate of drug-likeness (QED) is 0.496. The molecule has 0 spiro atoms. The molecular weight excluding hydrogens is 470 g/mol. The number of hydrogen-bond acceptors (Lipinski definition) is 8. The van der Waals surface area contributed by atoms with Gasteiger partial charge in [0.15, 0.2) is 0 Å². The third kappa shape index (κ3) is 5.22. The number of carbonyl (C=O) groups is 4. The first kappa shape index (κ1) is 24.1. The second-order valence-electron chi connectivity index (χ2n) is 7.85. The molecule has 0 aliphatic heterocycles.